The van der Waals surface area contributed by atoms with E-state index in [9.17, 15) is 29.4 Å². The van der Waals surface area contributed by atoms with E-state index < -0.39 is 95.5 Å². The number of likely N-dealkylation sites (N-methyl/N-ethyl adjacent to an activating group) is 1. The van der Waals surface area contributed by atoms with Crippen molar-refractivity contribution in [3.05, 3.63) is 77.5 Å². The monoisotopic (exact) mass is 885 g/mol. The number of nitrogens with one attached hydrogen (secondary N) is 1. The number of aryl methyl sites for hydroxylation is 1. The van der Waals surface area contributed by atoms with Crippen LogP contribution < -0.4 is 5.32 Å². The third-order valence-corrected chi connectivity index (χ3v) is 13.8. The first kappa shape index (κ1) is 48.7. The molecule has 0 spiro atoms. The van der Waals surface area contributed by atoms with Crippen molar-refractivity contribution in [1.82, 2.24) is 15.2 Å². The van der Waals surface area contributed by atoms with Crippen LogP contribution in [0.2, 0.25) is 0 Å². The van der Waals surface area contributed by atoms with Crippen molar-refractivity contribution in [2.75, 3.05) is 13.7 Å². The fourth-order valence-electron chi connectivity index (χ4n) is 10.1. The van der Waals surface area contributed by atoms with Crippen LogP contribution in [0.25, 0.3) is 17.0 Å². The van der Waals surface area contributed by atoms with E-state index in [1.807, 2.05) is 86.5 Å². The lowest BCUT2D eigenvalue weighted by Crippen LogP contribution is -2.60. The normalized spacial score (nSPS) is 34.3. The van der Waals surface area contributed by atoms with Crippen LogP contribution in [0.4, 0.5) is 4.79 Å². The van der Waals surface area contributed by atoms with E-state index in [0.717, 1.165) is 22.0 Å². The molecule has 348 valence electrons. The van der Waals surface area contributed by atoms with Crippen molar-refractivity contribution in [3.8, 4) is 5.75 Å². The number of benzene rings is 2. The highest BCUT2D eigenvalue weighted by Crippen LogP contribution is 2.41. The number of hydrogen-bond acceptors (Lipinski definition) is 13. The van der Waals surface area contributed by atoms with Gasteiger partial charge in [0.05, 0.1) is 36.0 Å². The number of pyridine rings is 1. The Bertz CT molecular complexity index is 2200. The molecule has 3 saturated heterocycles. The lowest BCUT2D eigenvalue weighted by molar-refractivity contribution is -0.297. The molecule has 2 aromatic carbocycles. The van der Waals surface area contributed by atoms with E-state index >= 15 is 0 Å². The van der Waals surface area contributed by atoms with Crippen molar-refractivity contribution < 1.29 is 53.1 Å². The molecule has 3 aromatic rings. The van der Waals surface area contributed by atoms with Crippen molar-refractivity contribution in [1.29, 1.82) is 0 Å². The average Bonchev–Trinajstić information content (AvgIpc) is 3.59. The SMILES string of the molecule is CCc1cccc(CN(C)[C@H]2C[C@@H](C)OC(O[C@@H]3[C@@H](C)C(=O)[C@@H](C)C(=O)O[C@@H](CC)[C@@]4(C)OC(=O)N[C@@H]4[C@H](C)C(=O)[C@H](C)C[C@]3(C)OC/C=C/c3cnc4ccccc4c3)[C@@H]2O)c1O. The molecule has 14 nitrogen and oxygen atoms in total. The second kappa shape index (κ2) is 20.2. The second-order valence-electron chi connectivity index (χ2n) is 18.6. The van der Waals surface area contributed by atoms with Crippen LogP contribution >= 0.6 is 0 Å². The van der Waals surface area contributed by atoms with Crippen LogP contribution in [0.15, 0.2) is 60.8 Å². The average molecular weight is 886 g/mol. The first-order valence-electron chi connectivity index (χ1n) is 22.7. The number of ether oxygens (including phenoxy) is 5. The molecule has 1 amide bonds. The van der Waals surface area contributed by atoms with Gasteiger partial charge in [0.15, 0.2) is 17.7 Å². The number of phenolic OH excluding ortho intramolecular Hbond substituents is 1. The Morgan fingerprint density at radius 3 is 2.41 bits per heavy atom. The van der Waals surface area contributed by atoms with Gasteiger partial charge in [-0.1, -0.05) is 83.2 Å². The minimum absolute atomic E-state index is 0.0249. The molecule has 64 heavy (non-hydrogen) atoms. The second-order valence-corrected chi connectivity index (χ2v) is 18.6. The number of ketones is 2. The number of fused-ring (bicyclic) bond motifs is 2. The summed E-state index contributed by atoms with van der Waals surface area (Å²) >= 11 is 0. The number of hydrogen-bond donors (Lipinski definition) is 3. The maximum atomic E-state index is 14.7. The third kappa shape index (κ3) is 10.2. The smallest absolute Gasteiger partial charge is 0.408 e. The molecule has 1 unspecified atom stereocenters. The quantitative estimate of drug-likeness (QED) is 0.133. The number of Topliss-reactive ketones (excluding diaryl/α,β-unsaturated/α-hetero) is 2. The van der Waals surface area contributed by atoms with Crippen molar-refractivity contribution in [3.63, 3.8) is 0 Å². The van der Waals surface area contributed by atoms with Gasteiger partial charge >= 0.3 is 12.1 Å². The van der Waals surface area contributed by atoms with Gasteiger partial charge < -0.3 is 39.2 Å². The molecule has 3 aliphatic rings. The number of esters is 1. The van der Waals surface area contributed by atoms with Gasteiger partial charge in [0.2, 0.25) is 0 Å². The van der Waals surface area contributed by atoms with E-state index in [4.69, 9.17) is 23.7 Å². The summed E-state index contributed by atoms with van der Waals surface area (Å²) in [6.07, 6.45) is 1.09. The number of cyclic esters (lactones) is 1. The highest BCUT2D eigenvalue weighted by atomic mass is 16.7. The number of alkyl carbamates (subject to hydrolysis) is 1. The number of aromatic hydroxyl groups is 1. The number of carbonyl (C=O) groups is 4. The van der Waals surface area contributed by atoms with Crippen molar-refractivity contribution >= 4 is 40.6 Å². The van der Waals surface area contributed by atoms with Crippen LogP contribution in [0.5, 0.6) is 5.75 Å². The summed E-state index contributed by atoms with van der Waals surface area (Å²) in [6, 6.07) is 14.1. The van der Waals surface area contributed by atoms with Gasteiger partial charge in [0, 0.05) is 47.5 Å². The Morgan fingerprint density at radius 2 is 1.69 bits per heavy atom. The van der Waals surface area contributed by atoms with E-state index in [0.29, 0.717) is 24.9 Å². The van der Waals surface area contributed by atoms with Gasteiger partial charge in [-0.25, -0.2) is 4.79 Å². The van der Waals surface area contributed by atoms with E-state index in [-0.39, 0.29) is 31.0 Å². The van der Waals surface area contributed by atoms with Gasteiger partial charge in [-0.2, -0.15) is 0 Å². The fourth-order valence-corrected chi connectivity index (χ4v) is 10.1. The van der Waals surface area contributed by atoms with Crippen LogP contribution in [-0.4, -0.2) is 111 Å². The number of aromatic nitrogens is 1. The van der Waals surface area contributed by atoms with Crippen LogP contribution in [-0.2, 0) is 51.0 Å². The zero-order valence-corrected chi connectivity index (χ0v) is 38.9. The number of aliphatic hydroxyl groups is 1. The Hall–Kier alpha value is -4.73. The number of nitrogens with zero attached hydrogens (tertiary/aromatic N) is 2. The summed E-state index contributed by atoms with van der Waals surface area (Å²) in [5.41, 5.74) is 0.407. The summed E-state index contributed by atoms with van der Waals surface area (Å²) in [5, 5.41) is 26.9. The zero-order chi connectivity index (χ0) is 46.7. The van der Waals surface area contributed by atoms with E-state index in [2.05, 4.69) is 10.3 Å². The molecule has 0 radical (unpaired) electrons. The predicted molar refractivity (Wildman–Crippen MR) is 241 cm³/mol. The molecular formula is C50H67N3O11. The predicted octanol–water partition coefficient (Wildman–Crippen LogP) is 6.95. The highest BCUT2D eigenvalue weighted by Gasteiger charge is 2.57. The minimum Gasteiger partial charge on any atom is -0.507 e. The van der Waals surface area contributed by atoms with E-state index in [1.165, 1.54) is 6.92 Å². The molecule has 6 rings (SSSR count). The van der Waals surface area contributed by atoms with Gasteiger partial charge in [-0.05, 0) is 83.7 Å². The number of carbonyl (C=O) groups excluding carboxylic acids is 4. The molecule has 0 saturated carbocycles. The summed E-state index contributed by atoms with van der Waals surface area (Å²) in [6.45, 7) is 16.1. The summed E-state index contributed by atoms with van der Waals surface area (Å²) < 4.78 is 31.9. The number of amides is 1. The summed E-state index contributed by atoms with van der Waals surface area (Å²) in [4.78, 5) is 62.7. The Balaban J connectivity index is 1.37. The largest absolute Gasteiger partial charge is 0.507 e. The number of aliphatic hydroxyl groups excluding tert-OH is 1. The van der Waals surface area contributed by atoms with E-state index in [1.54, 1.807) is 47.7 Å². The zero-order valence-electron chi connectivity index (χ0n) is 38.9. The summed E-state index contributed by atoms with van der Waals surface area (Å²) in [7, 11) is 1.87. The number of rotatable bonds is 11. The van der Waals surface area contributed by atoms with Crippen LogP contribution in [0.3, 0.4) is 0 Å². The van der Waals surface area contributed by atoms with Crippen LogP contribution in [0.1, 0.15) is 98.3 Å². The third-order valence-electron chi connectivity index (χ3n) is 13.8. The molecular weight excluding hydrogens is 819 g/mol. The summed E-state index contributed by atoms with van der Waals surface area (Å²) in [5.74, 6) is -5.17. The Labute approximate surface area is 377 Å². The molecule has 14 heteroatoms. The maximum absolute atomic E-state index is 14.7. The lowest BCUT2D eigenvalue weighted by Gasteiger charge is -2.47. The minimum atomic E-state index is -1.42. The van der Waals surface area contributed by atoms with Gasteiger partial charge in [0.25, 0.3) is 0 Å². The topological polar surface area (TPSA) is 183 Å². The fraction of sp³-hybridized carbons (Fsp3) is 0.580. The molecule has 3 fully saturated rings. The standard InChI is InChI=1S/C50H67N3O11/c1-11-34-19-15-20-36(42(34)56)27-53(10)38-23-29(4)61-47(43(38)57)63-45-31(6)41(55)32(7)46(58)62-39(12-2)50(9)44(52-48(59)64-50)30(5)40(54)28(3)25-49(45,8)60-22-16-17-33-24-35-18-13-14-21-37(35)51-26-33/h13-21,24,26,28-32,38-39,43-45,47,56-57H,11-12,22-23,25,27H2,1-10H3,(H,52,59)/b17-16+/t28-,29-,30-,31+,32-,38+,39+,43-,44-,45-,47?,49+,50-/m1/s1. The maximum Gasteiger partial charge on any atom is 0.408 e. The first-order valence-corrected chi connectivity index (χ1v) is 22.7. The number of phenols is 1. The Morgan fingerprint density at radius 1 is 0.969 bits per heavy atom. The van der Waals surface area contributed by atoms with Crippen LogP contribution in [0, 0.1) is 23.7 Å². The first-order chi connectivity index (χ1) is 30.3. The lowest BCUT2D eigenvalue weighted by atomic mass is 9.73. The highest BCUT2D eigenvalue weighted by molar-refractivity contribution is 6.00. The molecule has 3 N–H and O–H groups in total. The molecule has 1 aromatic heterocycles. The van der Waals surface area contributed by atoms with Crippen molar-refractivity contribution in [2.24, 2.45) is 23.7 Å². The Kier molecular flexibility index (Phi) is 15.4. The molecule has 0 aliphatic carbocycles. The molecule has 13 atom stereocenters. The molecule has 0 bridgehead atoms. The van der Waals surface area contributed by atoms with Gasteiger partial charge in [-0.15, -0.1) is 0 Å². The molecule has 3 aliphatic heterocycles. The number of para-hydroxylation sites is 2. The van der Waals surface area contributed by atoms with Gasteiger partial charge in [-0.3, -0.25) is 24.3 Å². The van der Waals surface area contributed by atoms with Crippen molar-refractivity contribution in [2.45, 2.75) is 149 Å². The molecule has 4 heterocycles. The van der Waals surface area contributed by atoms with Gasteiger partial charge in [0.1, 0.15) is 29.7 Å².